The molecule has 0 aromatic carbocycles. The Morgan fingerprint density at radius 2 is 2.00 bits per heavy atom. The normalized spacial score (nSPS) is 16.9. The number of aromatic nitrogens is 2. The monoisotopic (exact) mass is 316 g/mol. The van der Waals surface area contributed by atoms with Crippen molar-refractivity contribution >= 4 is 11.6 Å². The zero-order valence-corrected chi connectivity index (χ0v) is 13.8. The molecule has 0 saturated carbocycles. The van der Waals surface area contributed by atoms with Gasteiger partial charge in [0.15, 0.2) is 0 Å². The lowest BCUT2D eigenvalue weighted by Gasteiger charge is -2.37. The summed E-state index contributed by atoms with van der Waals surface area (Å²) < 4.78 is 1.93. The quantitative estimate of drug-likeness (QED) is 0.906. The molecule has 0 atom stereocenters. The molecule has 3 rings (SSSR count). The van der Waals surface area contributed by atoms with Crippen molar-refractivity contribution in [2.75, 3.05) is 32.7 Å². The molecule has 0 bridgehead atoms. The zero-order valence-electron chi connectivity index (χ0n) is 13.8. The number of imidazole rings is 1. The average Bonchev–Trinajstić information content (AvgIpc) is 2.88. The number of β-amino-alcohol motifs (C(OH)–C–C–N with tert-alkyl or cyclic N) is 1. The fourth-order valence-corrected chi connectivity index (χ4v) is 3.04. The van der Waals surface area contributed by atoms with Gasteiger partial charge < -0.3 is 14.4 Å². The minimum Gasteiger partial charge on any atom is -0.389 e. The van der Waals surface area contributed by atoms with Gasteiger partial charge >= 0.3 is 0 Å². The molecule has 2 aromatic heterocycles. The summed E-state index contributed by atoms with van der Waals surface area (Å²) in [6.45, 7) is 7.30. The lowest BCUT2D eigenvalue weighted by molar-refractivity contribution is -0.132. The molecule has 0 radical (unpaired) electrons. The molecule has 1 fully saturated rings. The van der Waals surface area contributed by atoms with Gasteiger partial charge in [0, 0.05) is 45.1 Å². The second kappa shape index (κ2) is 6.29. The molecule has 0 aliphatic carbocycles. The van der Waals surface area contributed by atoms with Crippen molar-refractivity contribution < 1.29 is 9.90 Å². The highest BCUT2D eigenvalue weighted by Gasteiger charge is 2.25. The Hall–Kier alpha value is -1.92. The molecular formula is C17H24N4O2. The van der Waals surface area contributed by atoms with E-state index in [0.29, 0.717) is 26.1 Å². The van der Waals surface area contributed by atoms with Crippen molar-refractivity contribution in [1.29, 1.82) is 0 Å². The second-order valence-electron chi connectivity index (χ2n) is 6.84. The number of carbonyl (C=O) groups excluding carboxylic acids is 1. The molecule has 6 nitrogen and oxygen atoms in total. The van der Waals surface area contributed by atoms with E-state index in [-0.39, 0.29) is 5.91 Å². The molecule has 1 saturated heterocycles. The smallest absolute Gasteiger partial charge is 0.228 e. The van der Waals surface area contributed by atoms with E-state index in [1.165, 1.54) is 0 Å². The van der Waals surface area contributed by atoms with E-state index in [4.69, 9.17) is 0 Å². The summed E-state index contributed by atoms with van der Waals surface area (Å²) in [7, 11) is 0. The Kier molecular flexibility index (Phi) is 4.37. The maximum Gasteiger partial charge on any atom is 0.228 e. The van der Waals surface area contributed by atoms with Gasteiger partial charge in [0.1, 0.15) is 5.65 Å². The molecule has 3 heterocycles. The number of pyridine rings is 1. The topological polar surface area (TPSA) is 61.1 Å². The Labute approximate surface area is 136 Å². The molecule has 0 spiro atoms. The number of amides is 1. The second-order valence-corrected chi connectivity index (χ2v) is 6.84. The van der Waals surface area contributed by atoms with Crippen LogP contribution in [-0.2, 0) is 11.2 Å². The fourth-order valence-electron chi connectivity index (χ4n) is 3.04. The number of carbonyl (C=O) groups is 1. The third-order valence-corrected chi connectivity index (χ3v) is 4.08. The molecule has 6 heteroatoms. The van der Waals surface area contributed by atoms with Gasteiger partial charge in [0.25, 0.3) is 0 Å². The molecule has 1 amide bonds. The van der Waals surface area contributed by atoms with Crippen LogP contribution in [0, 0.1) is 0 Å². The Morgan fingerprint density at radius 3 is 2.65 bits per heavy atom. The average molecular weight is 316 g/mol. The van der Waals surface area contributed by atoms with Crippen molar-refractivity contribution in [3.05, 3.63) is 36.3 Å². The van der Waals surface area contributed by atoms with Crippen molar-refractivity contribution in [3.8, 4) is 0 Å². The van der Waals surface area contributed by atoms with Crippen LogP contribution in [-0.4, -0.2) is 68.5 Å². The maximum absolute atomic E-state index is 12.4. The van der Waals surface area contributed by atoms with Crippen LogP contribution >= 0.6 is 0 Å². The first-order chi connectivity index (χ1) is 10.9. The van der Waals surface area contributed by atoms with Crippen molar-refractivity contribution in [2.45, 2.75) is 25.9 Å². The third-order valence-electron chi connectivity index (χ3n) is 4.08. The van der Waals surface area contributed by atoms with E-state index >= 15 is 0 Å². The Bertz CT molecular complexity index is 648. The number of piperazine rings is 1. The van der Waals surface area contributed by atoms with E-state index in [1.807, 2.05) is 53.7 Å². The number of aliphatic hydroxyl groups is 1. The van der Waals surface area contributed by atoms with Gasteiger partial charge in [-0.05, 0) is 26.0 Å². The molecule has 1 aliphatic rings. The highest BCUT2D eigenvalue weighted by molar-refractivity contribution is 5.78. The van der Waals surface area contributed by atoms with Gasteiger partial charge in [-0.25, -0.2) is 4.98 Å². The fraction of sp³-hybridized carbons (Fsp3) is 0.529. The van der Waals surface area contributed by atoms with Crippen LogP contribution in [0.5, 0.6) is 0 Å². The Morgan fingerprint density at radius 1 is 1.26 bits per heavy atom. The predicted octanol–water partition coefficient (Wildman–Crippen LogP) is 0.792. The standard InChI is InChI=1S/C17H24N4O2/c1-17(2,23)13-19-7-9-20(10-8-19)16(22)11-14-12-21-6-4-3-5-15(21)18-14/h3-6,12,23H,7-11,13H2,1-2H3. The lowest BCUT2D eigenvalue weighted by atomic mass is 10.1. The van der Waals surface area contributed by atoms with Crippen molar-refractivity contribution in [2.24, 2.45) is 0 Å². The molecule has 2 aromatic rings. The van der Waals surface area contributed by atoms with E-state index in [1.54, 1.807) is 0 Å². The first-order valence-electron chi connectivity index (χ1n) is 8.06. The largest absolute Gasteiger partial charge is 0.389 e. The Balaban J connectivity index is 1.55. The van der Waals surface area contributed by atoms with Gasteiger partial charge in [-0.3, -0.25) is 9.69 Å². The maximum atomic E-state index is 12.4. The summed E-state index contributed by atoms with van der Waals surface area (Å²) in [4.78, 5) is 21.0. The van der Waals surface area contributed by atoms with Gasteiger partial charge in [0.05, 0.1) is 17.7 Å². The summed E-state index contributed by atoms with van der Waals surface area (Å²) in [5.41, 5.74) is 0.980. The number of rotatable bonds is 4. The van der Waals surface area contributed by atoms with Crippen LogP contribution in [0.3, 0.4) is 0 Å². The molecular weight excluding hydrogens is 292 g/mol. The van der Waals surface area contributed by atoms with E-state index in [0.717, 1.165) is 24.4 Å². The van der Waals surface area contributed by atoms with E-state index in [2.05, 4.69) is 9.88 Å². The van der Waals surface area contributed by atoms with Gasteiger partial charge in [-0.1, -0.05) is 6.07 Å². The van der Waals surface area contributed by atoms with Crippen LogP contribution in [0.2, 0.25) is 0 Å². The number of nitrogens with zero attached hydrogens (tertiary/aromatic N) is 4. The highest BCUT2D eigenvalue weighted by atomic mass is 16.3. The zero-order chi connectivity index (χ0) is 16.4. The third kappa shape index (κ3) is 4.09. The van der Waals surface area contributed by atoms with Gasteiger partial charge in [-0.15, -0.1) is 0 Å². The SMILES string of the molecule is CC(C)(O)CN1CCN(C(=O)Cc2cn3ccccc3n2)CC1. The first kappa shape index (κ1) is 16.0. The van der Waals surface area contributed by atoms with E-state index in [9.17, 15) is 9.90 Å². The molecule has 1 N–H and O–H groups in total. The minimum absolute atomic E-state index is 0.122. The molecule has 23 heavy (non-hydrogen) atoms. The number of hydrogen-bond donors (Lipinski definition) is 1. The molecule has 0 unspecified atom stereocenters. The summed E-state index contributed by atoms with van der Waals surface area (Å²) in [5.74, 6) is 0.122. The van der Waals surface area contributed by atoms with Crippen LogP contribution in [0.1, 0.15) is 19.5 Å². The number of hydrogen-bond acceptors (Lipinski definition) is 4. The van der Waals surface area contributed by atoms with E-state index < -0.39 is 5.60 Å². The van der Waals surface area contributed by atoms with Crippen molar-refractivity contribution in [3.63, 3.8) is 0 Å². The lowest BCUT2D eigenvalue weighted by Crippen LogP contribution is -2.52. The summed E-state index contributed by atoms with van der Waals surface area (Å²) in [6, 6.07) is 5.82. The van der Waals surface area contributed by atoms with Crippen LogP contribution in [0.4, 0.5) is 0 Å². The predicted molar refractivity (Wildman–Crippen MR) is 88.2 cm³/mol. The summed E-state index contributed by atoms with van der Waals surface area (Å²) >= 11 is 0. The van der Waals surface area contributed by atoms with Gasteiger partial charge in [0.2, 0.25) is 5.91 Å². The summed E-state index contributed by atoms with van der Waals surface area (Å²) in [6.07, 6.45) is 4.19. The molecule has 124 valence electrons. The first-order valence-corrected chi connectivity index (χ1v) is 8.06. The van der Waals surface area contributed by atoms with Crippen LogP contribution in [0.25, 0.3) is 5.65 Å². The van der Waals surface area contributed by atoms with Gasteiger partial charge in [-0.2, -0.15) is 0 Å². The van der Waals surface area contributed by atoms with Crippen molar-refractivity contribution in [1.82, 2.24) is 19.2 Å². The van der Waals surface area contributed by atoms with Crippen LogP contribution in [0.15, 0.2) is 30.6 Å². The highest BCUT2D eigenvalue weighted by Crippen LogP contribution is 2.11. The minimum atomic E-state index is -0.692. The van der Waals surface area contributed by atoms with Crippen LogP contribution < -0.4 is 0 Å². The summed E-state index contributed by atoms with van der Waals surface area (Å²) in [5, 5.41) is 9.88. The molecule has 1 aliphatic heterocycles. The number of fused-ring (bicyclic) bond motifs is 1.